The Morgan fingerprint density at radius 3 is 2.40 bits per heavy atom. The average Bonchev–Trinajstić information content (AvgIpc) is 2.76. The van der Waals surface area contributed by atoms with Gasteiger partial charge in [0, 0.05) is 18.8 Å². The lowest BCUT2D eigenvalue weighted by molar-refractivity contribution is -0.138. The molecule has 6 heteroatoms. The van der Waals surface area contributed by atoms with Crippen LogP contribution in [0.15, 0.2) is 6.07 Å². The van der Waals surface area contributed by atoms with Crippen LogP contribution in [-0.2, 0) is 11.8 Å². The molecule has 1 aromatic rings. The van der Waals surface area contributed by atoms with Crippen LogP contribution in [0.2, 0.25) is 0 Å². The molecule has 1 heterocycles. The third kappa shape index (κ3) is 3.59. The second kappa shape index (κ2) is 6.54. The first-order chi connectivity index (χ1) is 9.27. The van der Waals surface area contributed by atoms with Crippen molar-refractivity contribution in [3.8, 4) is 0 Å². The predicted molar refractivity (Wildman–Crippen MR) is 75.7 cm³/mol. The summed E-state index contributed by atoms with van der Waals surface area (Å²) in [6, 6.07) is 1.60. The highest BCUT2D eigenvalue weighted by Crippen LogP contribution is 2.17. The van der Waals surface area contributed by atoms with Gasteiger partial charge in [0.05, 0.1) is 0 Å². The number of rotatable bonds is 6. The molecule has 0 saturated heterocycles. The standard InChI is InChI=1S/C14H23N3O3/c1-6-10(4)17(8-13(18)19)14(20)11-7-12(9(2)3)16(5)15-11/h7,9-10H,6,8H2,1-5H3,(H,18,19). The van der Waals surface area contributed by atoms with Crippen molar-refractivity contribution in [1.29, 1.82) is 0 Å². The second-order valence-electron chi connectivity index (χ2n) is 5.32. The second-order valence-corrected chi connectivity index (χ2v) is 5.32. The van der Waals surface area contributed by atoms with Crippen molar-refractivity contribution in [3.63, 3.8) is 0 Å². The van der Waals surface area contributed by atoms with Crippen LogP contribution in [-0.4, -0.2) is 44.3 Å². The average molecular weight is 281 g/mol. The fraction of sp³-hybridized carbons (Fsp3) is 0.643. The van der Waals surface area contributed by atoms with Crippen molar-refractivity contribution in [1.82, 2.24) is 14.7 Å². The van der Waals surface area contributed by atoms with Gasteiger partial charge in [0.15, 0.2) is 5.69 Å². The Labute approximate surface area is 119 Å². The molecular weight excluding hydrogens is 258 g/mol. The Balaban J connectivity index is 3.05. The van der Waals surface area contributed by atoms with Crippen molar-refractivity contribution in [2.45, 2.75) is 46.1 Å². The maximum absolute atomic E-state index is 12.5. The predicted octanol–water partition coefficient (Wildman–Crippen LogP) is 1.87. The number of nitrogens with zero attached hydrogens (tertiary/aromatic N) is 3. The highest BCUT2D eigenvalue weighted by molar-refractivity contribution is 5.94. The molecule has 1 amide bonds. The number of hydrogen-bond acceptors (Lipinski definition) is 3. The Hall–Kier alpha value is -1.85. The molecule has 0 fully saturated rings. The van der Waals surface area contributed by atoms with Crippen molar-refractivity contribution >= 4 is 11.9 Å². The van der Waals surface area contributed by atoms with Crippen molar-refractivity contribution in [3.05, 3.63) is 17.5 Å². The largest absolute Gasteiger partial charge is 0.480 e. The van der Waals surface area contributed by atoms with Gasteiger partial charge in [-0.25, -0.2) is 0 Å². The third-order valence-corrected chi connectivity index (χ3v) is 3.42. The molecule has 0 saturated carbocycles. The molecule has 0 bridgehead atoms. The third-order valence-electron chi connectivity index (χ3n) is 3.42. The van der Waals surface area contributed by atoms with E-state index in [-0.39, 0.29) is 24.4 Å². The molecule has 0 aliphatic carbocycles. The number of aromatic nitrogens is 2. The van der Waals surface area contributed by atoms with Gasteiger partial charge in [0.1, 0.15) is 6.54 Å². The van der Waals surface area contributed by atoms with Gasteiger partial charge in [0.2, 0.25) is 0 Å². The van der Waals surface area contributed by atoms with Crippen LogP contribution in [0.5, 0.6) is 0 Å². The lowest BCUT2D eigenvalue weighted by Crippen LogP contribution is -2.42. The van der Waals surface area contributed by atoms with Gasteiger partial charge < -0.3 is 10.0 Å². The number of carbonyl (C=O) groups excluding carboxylic acids is 1. The van der Waals surface area contributed by atoms with Crippen LogP contribution >= 0.6 is 0 Å². The summed E-state index contributed by atoms with van der Waals surface area (Å²) in [4.78, 5) is 24.7. The van der Waals surface area contributed by atoms with E-state index in [9.17, 15) is 9.59 Å². The maximum atomic E-state index is 12.5. The minimum atomic E-state index is -1.02. The number of carbonyl (C=O) groups is 2. The fourth-order valence-electron chi connectivity index (χ4n) is 2.07. The van der Waals surface area contributed by atoms with Gasteiger partial charge in [-0.1, -0.05) is 20.8 Å². The number of aliphatic carboxylic acids is 1. The van der Waals surface area contributed by atoms with E-state index in [1.807, 2.05) is 27.7 Å². The summed E-state index contributed by atoms with van der Waals surface area (Å²) in [6.45, 7) is 7.50. The van der Waals surface area contributed by atoms with Crippen LogP contribution < -0.4 is 0 Å². The van der Waals surface area contributed by atoms with Crippen LogP contribution in [0.4, 0.5) is 0 Å². The number of amides is 1. The molecule has 1 atom stereocenters. The monoisotopic (exact) mass is 281 g/mol. The summed E-state index contributed by atoms with van der Waals surface area (Å²) >= 11 is 0. The van der Waals surface area contributed by atoms with Crippen LogP contribution in [0, 0.1) is 0 Å². The molecule has 0 aromatic carbocycles. The summed E-state index contributed by atoms with van der Waals surface area (Å²) in [5.41, 5.74) is 1.26. The molecular formula is C14H23N3O3. The summed E-state index contributed by atoms with van der Waals surface area (Å²) in [6.07, 6.45) is 0.697. The zero-order valence-electron chi connectivity index (χ0n) is 12.8. The zero-order valence-corrected chi connectivity index (χ0v) is 12.8. The van der Waals surface area contributed by atoms with Crippen LogP contribution in [0.25, 0.3) is 0 Å². The van der Waals surface area contributed by atoms with Crippen LogP contribution in [0.1, 0.15) is 56.2 Å². The highest BCUT2D eigenvalue weighted by atomic mass is 16.4. The van der Waals surface area contributed by atoms with Crippen LogP contribution in [0.3, 0.4) is 0 Å². The van der Waals surface area contributed by atoms with Gasteiger partial charge in [-0.15, -0.1) is 0 Å². The SMILES string of the molecule is CCC(C)N(CC(=O)O)C(=O)c1cc(C(C)C)n(C)n1. The molecule has 6 nitrogen and oxygen atoms in total. The first-order valence-corrected chi connectivity index (χ1v) is 6.84. The van der Waals surface area contributed by atoms with E-state index < -0.39 is 5.97 Å². The molecule has 1 unspecified atom stereocenters. The van der Waals surface area contributed by atoms with E-state index in [0.29, 0.717) is 12.1 Å². The number of carboxylic acid groups (broad SMARTS) is 1. The van der Waals surface area contributed by atoms with Crippen molar-refractivity contribution in [2.24, 2.45) is 7.05 Å². The van der Waals surface area contributed by atoms with E-state index in [4.69, 9.17) is 5.11 Å². The normalized spacial score (nSPS) is 12.5. The first-order valence-electron chi connectivity index (χ1n) is 6.84. The molecule has 0 radical (unpaired) electrons. The molecule has 112 valence electrons. The van der Waals surface area contributed by atoms with E-state index >= 15 is 0 Å². The van der Waals surface area contributed by atoms with Crippen molar-refractivity contribution in [2.75, 3.05) is 6.54 Å². The molecule has 1 N–H and O–H groups in total. The number of carboxylic acids is 1. The topological polar surface area (TPSA) is 75.4 Å². The molecule has 20 heavy (non-hydrogen) atoms. The minimum absolute atomic E-state index is 0.136. The summed E-state index contributed by atoms with van der Waals surface area (Å²) in [5.74, 6) is -1.09. The number of aryl methyl sites for hydroxylation is 1. The van der Waals surface area contributed by atoms with E-state index in [1.54, 1.807) is 17.8 Å². The summed E-state index contributed by atoms with van der Waals surface area (Å²) in [7, 11) is 1.79. The smallest absolute Gasteiger partial charge is 0.323 e. The van der Waals surface area contributed by atoms with E-state index in [2.05, 4.69) is 5.10 Å². The van der Waals surface area contributed by atoms with E-state index in [1.165, 1.54) is 4.90 Å². The minimum Gasteiger partial charge on any atom is -0.480 e. The Morgan fingerprint density at radius 1 is 1.40 bits per heavy atom. The maximum Gasteiger partial charge on any atom is 0.323 e. The fourth-order valence-corrected chi connectivity index (χ4v) is 2.07. The quantitative estimate of drug-likeness (QED) is 0.863. The van der Waals surface area contributed by atoms with Crippen molar-refractivity contribution < 1.29 is 14.7 Å². The Morgan fingerprint density at radius 2 is 2.00 bits per heavy atom. The van der Waals surface area contributed by atoms with Gasteiger partial charge in [-0.3, -0.25) is 14.3 Å². The van der Waals surface area contributed by atoms with E-state index in [0.717, 1.165) is 5.69 Å². The molecule has 0 aliphatic rings. The van der Waals surface area contributed by atoms with Gasteiger partial charge in [-0.2, -0.15) is 5.10 Å². The highest BCUT2D eigenvalue weighted by Gasteiger charge is 2.25. The zero-order chi connectivity index (χ0) is 15.4. The lowest BCUT2D eigenvalue weighted by Gasteiger charge is -2.26. The van der Waals surface area contributed by atoms with Gasteiger partial charge in [0.25, 0.3) is 5.91 Å². The number of hydrogen-bond donors (Lipinski definition) is 1. The molecule has 1 aromatic heterocycles. The first kappa shape index (κ1) is 16.2. The Kier molecular flexibility index (Phi) is 5.30. The lowest BCUT2D eigenvalue weighted by atomic mass is 10.1. The summed E-state index contributed by atoms with van der Waals surface area (Å²) < 4.78 is 1.67. The van der Waals surface area contributed by atoms with Gasteiger partial charge >= 0.3 is 5.97 Å². The Bertz CT molecular complexity index is 494. The van der Waals surface area contributed by atoms with Gasteiger partial charge in [-0.05, 0) is 25.3 Å². The molecule has 0 aliphatic heterocycles. The molecule has 1 rings (SSSR count). The molecule has 0 spiro atoms. The summed E-state index contributed by atoms with van der Waals surface area (Å²) in [5, 5.41) is 13.2.